The average molecular weight is 355 g/mol. The van der Waals surface area contributed by atoms with Crippen LogP contribution in [0.5, 0.6) is 0 Å². The Labute approximate surface area is 137 Å². The molecule has 0 saturated heterocycles. The van der Waals surface area contributed by atoms with Gasteiger partial charge in [-0.1, -0.05) is 19.9 Å². The van der Waals surface area contributed by atoms with Crippen molar-refractivity contribution in [2.24, 2.45) is 5.14 Å². The molecule has 0 aromatic heterocycles. The van der Waals surface area contributed by atoms with E-state index in [4.69, 9.17) is 21.5 Å². The maximum absolute atomic E-state index is 13.5. The molecule has 0 bridgehead atoms. The topological polar surface area (TPSA) is 89.3 Å². The van der Waals surface area contributed by atoms with Crippen LogP contribution >= 0.6 is 11.6 Å². The zero-order chi connectivity index (χ0) is 18.0. The van der Waals surface area contributed by atoms with Crippen LogP contribution < -0.4 is 10.5 Å². The summed E-state index contributed by atoms with van der Waals surface area (Å²) < 4.78 is 35.5. The molecule has 0 aliphatic heterocycles. The smallest absolute Gasteiger partial charge is 0.240 e. The molecule has 1 aromatic carbocycles. The van der Waals surface area contributed by atoms with Gasteiger partial charge in [-0.2, -0.15) is 0 Å². The Morgan fingerprint density at radius 2 is 1.82 bits per heavy atom. The first-order valence-electron chi connectivity index (χ1n) is 6.61. The highest BCUT2D eigenvalue weighted by molar-refractivity contribution is 7.89. The van der Waals surface area contributed by atoms with Gasteiger partial charge in [0.05, 0.1) is 5.88 Å². The summed E-state index contributed by atoms with van der Waals surface area (Å²) in [5.41, 5.74) is 0.220. The molecule has 0 saturated carbocycles. The second-order valence-corrected chi connectivity index (χ2v) is 6.22. The van der Waals surface area contributed by atoms with Gasteiger partial charge in [-0.15, -0.1) is 11.6 Å². The van der Waals surface area contributed by atoms with Crippen LogP contribution in [0.15, 0.2) is 23.1 Å². The van der Waals surface area contributed by atoms with Gasteiger partial charge in [0.1, 0.15) is 17.0 Å². The highest BCUT2D eigenvalue weighted by Crippen LogP contribution is 2.23. The SMILES string of the molecule is CC.CNC(C)(C)c1ccc(S(N)(=O)=O)c(F)c1.O=CCCl. The Morgan fingerprint density at radius 3 is 2.09 bits per heavy atom. The van der Waals surface area contributed by atoms with Crippen LogP contribution in [0, 0.1) is 5.82 Å². The number of carbonyl (C=O) groups is 1. The van der Waals surface area contributed by atoms with E-state index >= 15 is 0 Å². The third-order valence-corrected chi connectivity index (χ3v) is 3.72. The van der Waals surface area contributed by atoms with Crippen molar-refractivity contribution in [3.05, 3.63) is 29.6 Å². The van der Waals surface area contributed by atoms with Crippen LogP contribution in [-0.4, -0.2) is 27.6 Å². The summed E-state index contributed by atoms with van der Waals surface area (Å²) in [6.45, 7) is 7.72. The number of rotatable bonds is 4. The van der Waals surface area contributed by atoms with E-state index in [0.717, 1.165) is 0 Å². The van der Waals surface area contributed by atoms with Gasteiger partial charge < -0.3 is 10.1 Å². The van der Waals surface area contributed by atoms with Crippen LogP contribution in [-0.2, 0) is 20.4 Å². The lowest BCUT2D eigenvalue weighted by Gasteiger charge is -2.24. The molecule has 0 aliphatic carbocycles. The first kappa shape index (κ1) is 23.2. The van der Waals surface area contributed by atoms with Gasteiger partial charge in [0.15, 0.2) is 0 Å². The standard InChI is InChI=1S/C10H15FN2O2S.C2H3ClO.C2H6/c1-10(2,13-3)7-4-5-9(8(11)6-7)16(12,14)15;3-1-2-4;1-2/h4-6,13H,1-3H3,(H2,12,14,15);2H,1H2;1-2H3. The predicted octanol–water partition coefficient (Wildman–Crippen LogP) is 2.38. The fourth-order valence-electron chi connectivity index (χ4n) is 1.26. The second kappa shape index (κ2) is 10.7. The summed E-state index contributed by atoms with van der Waals surface area (Å²) in [4.78, 5) is 8.56. The number of nitrogens with two attached hydrogens (primary N) is 1. The van der Waals surface area contributed by atoms with Gasteiger partial charge in [-0.25, -0.2) is 17.9 Å². The minimum atomic E-state index is -4.00. The molecule has 0 spiro atoms. The lowest BCUT2D eigenvalue weighted by molar-refractivity contribution is -0.105. The van der Waals surface area contributed by atoms with Gasteiger partial charge >= 0.3 is 0 Å². The third kappa shape index (κ3) is 7.84. The Kier molecular flexibility index (Phi) is 11.3. The molecular weight excluding hydrogens is 331 g/mol. The molecule has 5 nitrogen and oxygen atoms in total. The molecule has 0 aliphatic rings. The van der Waals surface area contributed by atoms with E-state index in [-0.39, 0.29) is 5.88 Å². The van der Waals surface area contributed by atoms with Crippen molar-refractivity contribution in [2.45, 2.75) is 38.1 Å². The summed E-state index contributed by atoms with van der Waals surface area (Å²) in [5.74, 6) is -0.719. The number of hydrogen-bond acceptors (Lipinski definition) is 4. The maximum Gasteiger partial charge on any atom is 0.240 e. The monoisotopic (exact) mass is 354 g/mol. The van der Waals surface area contributed by atoms with Crippen molar-refractivity contribution in [1.82, 2.24) is 5.32 Å². The summed E-state index contributed by atoms with van der Waals surface area (Å²) in [5, 5.41) is 7.86. The predicted molar refractivity (Wildman–Crippen MR) is 88.0 cm³/mol. The van der Waals surface area contributed by atoms with E-state index in [1.807, 2.05) is 27.7 Å². The zero-order valence-corrected chi connectivity index (χ0v) is 15.1. The highest BCUT2D eigenvalue weighted by atomic mass is 35.5. The number of primary sulfonamides is 1. The summed E-state index contributed by atoms with van der Waals surface area (Å²) in [6.07, 6.45) is 0.640. The molecule has 128 valence electrons. The molecule has 0 amide bonds. The quantitative estimate of drug-likeness (QED) is 0.641. The van der Waals surface area contributed by atoms with Crippen molar-refractivity contribution in [3.63, 3.8) is 0 Å². The van der Waals surface area contributed by atoms with Crippen LogP contribution in [0.3, 0.4) is 0 Å². The number of sulfonamides is 1. The molecule has 1 aromatic rings. The van der Waals surface area contributed by atoms with E-state index in [1.54, 1.807) is 13.1 Å². The Bertz CT molecular complexity index is 563. The summed E-state index contributed by atoms with van der Waals surface area (Å²) in [6, 6.07) is 3.90. The van der Waals surface area contributed by atoms with Crippen molar-refractivity contribution in [2.75, 3.05) is 12.9 Å². The van der Waals surface area contributed by atoms with E-state index < -0.39 is 26.3 Å². The number of halogens is 2. The number of alkyl halides is 1. The maximum atomic E-state index is 13.5. The van der Waals surface area contributed by atoms with E-state index in [0.29, 0.717) is 11.8 Å². The molecule has 0 unspecified atom stereocenters. The fourth-order valence-corrected chi connectivity index (χ4v) is 1.85. The molecule has 8 heteroatoms. The van der Waals surface area contributed by atoms with E-state index in [1.165, 1.54) is 12.1 Å². The van der Waals surface area contributed by atoms with Crippen molar-refractivity contribution < 1.29 is 17.6 Å². The zero-order valence-electron chi connectivity index (χ0n) is 13.5. The molecular formula is C14H24ClFN2O3S. The normalized spacial score (nSPS) is 10.7. The van der Waals surface area contributed by atoms with Gasteiger partial charge in [0.2, 0.25) is 10.0 Å². The first-order valence-corrected chi connectivity index (χ1v) is 8.69. The van der Waals surface area contributed by atoms with Gasteiger partial charge in [-0.05, 0) is 38.6 Å². The molecule has 0 radical (unpaired) electrons. The number of nitrogens with one attached hydrogen (secondary N) is 1. The first-order chi connectivity index (χ1) is 10.1. The van der Waals surface area contributed by atoms with Crippen LogP contribution in [0.1, 0.15) is 33.3 Å². The molecule has 1 rings (SSSR count). The largest absolute Gasteiger partial charge is 0.311 e. The van der Waals surface area contributed by atoms with Crippen molar-refractivity contribution >= 4 is 27.9 Å². The third-order valence-electron chi connectivity index (χ3n) is 2.65. The lowest BCUT2D eigenvalue weighted by atomic mass is 9.95. The minimum absolute atomic E-state index is 0.111. The molecule has 0 fully saturated rings. The number of hydrogen-bond donors (Lipinski definition) is 2. The second-order valence-electron chi connectivity index (χ2n) is 4.39. The molecule has 0 heterocycles. The van der Waals surface area contributed by atoms with Crippen LogP contribution in [0.25, 0.3) is 0 Å². The van der Waals surface area contributed by atoms with Gasteiger partial charge in [0.25, 0.3) is 0 Å². The average Bonchev–Trinajstić information content (AvgIpc) is 2.48. The molecule has 0 atom stereocenters. The highest BCUT2D eigenvalue weighted by Gasteiger charge is 2.21. The Hall–Kier alpha value is -1.02. The Balaban J connectivity index is 0. The summed E-state index contributed by atoms with van der Waals surface area (Å²) >= 11 is 4.82. The van der Waals surface area contributed by atoms with E-state index in [2.05, 4.69) is 5.32 Å². The van der Waals surface area contributed by atoms with Gasteiger partial charge in [0, 0.05) is 5.54 Å². The van der Waals surface area contributed by atoms with Crippen molar-refractivity contribution in [3.8, 4) is 0 Å². The lowest BCUT2D eigenvalue weighted by Crippen LogP contribution is -2.33. The molecule has 3 N–H and O–H groups in total. The van der Waals surface area contributed by atoms with Gasteiger partial charge in [-0.3, -0.25) is 0 Å². The fraction of sp³-hybridized carbons (Fsp3) is 0.500. The number of carbonyl (C=O) groups excluding carboxylic acids is 1. The molecule has 22 heavy (non-hydrogen) atoms. The number of aldehydes is 1. The van der Waals surface area contributed by atoms with E-state index in [9.17, 15) is 12.8 Å². The summed E-state index contributed by atoms with van der Waals surface area (Å²) in [7, 11) is -2.26. The van der Waals surface area contributed by atoms with Crippen molar-refractivity contribution in [1.29, 1.82) is 0 Å². The van der Waals surface area contributed by atoms with Crippen LogP contribution in [0.4, 0.5) is 4.39 Å². The number of benzene rings is 1. The minimum Gasteiger partial charge on any atom is -0.311 e. The Morgan fingerprint density at radius 1 is 1.36 bits per heavy atom. The van der Waals surface area contributed by atoms with Crippen LogP contribution in [0.2, 0.25) is 0 Å².